The van der Waals surface area contributed by atoms with Crippen molar-refractivity contribution in [1.29, 1.82) is 0 Å². The van der Waals surface area contributed by atoms with Crippen LogP contribution in [-0.2, 0) is 6.18 Å². The Balaban J connectivity index is 1.55. The van der Waals surface area contributed by atoms with Crippen molar-refractivity contribution in [1.82, 2.24) is 10.2 Å². The number of halogens is 3. The van der Waals surface area contributed by atoms with Crippen LogP contribution in [0.5, 0.6) is 0 Å². The number of hydrogen-bond donors (Lipinski definition) is 2. The van der Waals surface area contributed by atoms with E-state index in [9.17, 15) is 18.0 Å². The first-order valence-corrected chi connectivity index (χ1v) is 7.82. The van der Waals surface area contributed by atoms with Crippen molar-refractivity contribution >= 4 is 11.7 Å². The number of carbonyl (C=O) groups excluding carboxylic acids is 1. The summed E-state index contributed by atoms with van der Waals surface area (Å²) in [5.74, 6) is 0. The lowest BCUT2D eigenvalue weighted by Crippen LogP contribution is -2.45. The average molecular weight is 327 g/mol. The molecular formula is C16H20F3N3O. The molecule has 0 atom stereocenters. The Morgan fingerprint density at radius 3 is 2.30 bits per heavy atom. The number of piperidine rings is 1. The highest BCUT2D eigenvalue weighted by atomic mass is 19.4. The van der Waals surface area contributed by atoms with Gasteiger partial charge in [-0.15, -0.1) is 0 Å². The molecule has 0 bridgehead atoms. The summed E-state index contributed by atoms with van der Waals surface area (Å²) >= 11 is 0. The molecule has 0 saturated carbocycles. The van der Waals surface area contributed by atoms with E-state index < -0.39 is 11.7 Å². The Kier molecular flexibility index (Phi) is 4.23. The zero-order valence-electron chi connectivity index (χ0n) is 12.7. The number of amides is 2. The molecule has 2 aliphatic heterocycles. The van der Waals surface area contributed by atoms with E-state index in [1.54, 1.807) is 4.90 Å². The van der Waals surface area contributed by atoms with Gasteiger partial charge >= 0.3 is 12.2 Å². The summed E-state index contributed by atoms with van der Waals surface area (Å²) in [6.45, 7) is 3.43. The summed E-state index contributed by atoms with van der Waals surface area (Å²) in [5, 5.41) is 6.05. The standard InChI is InChI=1S/C16H20F3N3O/c17-16(18,19)12-1-3-13(4-2-12)21-14(23)22-9-6-15(7-10-22)5-8-20-11-15/h1-4,20H,5-11H2,(H,21,23). The molecule has 0 aliphatic carbocycles. The maximum absolute atomic E-state index is 12.5. The van der Waals surface area contributed by atoms with Crippen molar-refractivity contribution in [3.8, 4) is 0 Å². The Morgan fingerprint density at radius 2 is 1.78 bits per heavy atom. The highest BCUT2D eigenvalue weighted by Crippen LogP contribution is 2.37. The smallest absolute Gasteiger partial charge is 0.324 e. The van der Waals surface area contributed by atoms with Crippen LogP contribution < -0.4 is 10.6 Å². The number of carbonyl (C=O) groups is 1. The van der Waals surface area contributed by atoms with E-state index in [2.05, 4.69) is 10.6 Å². The third kappa shape index (κ3) is 3.60. The molecule has 2 saturated heterocycles. The fraction of sp³-hybridized carbons (Fsp3) is 0.562. The fourth-order valence-electron chi connectivity index (χ4n) is 3.35. The van der Waals surface area contributed by atoms with Crippen LogP contribution in [0.15, 0.2) is 24.3 Å². The highest BCUT2D eigenvalue weighted by Gasteiger charge is 2.38. The number of hydrogen-bond acceptors (Lipinski definition) is 2. The van der Waals surface area contributed by atoms with E-state index in [1.807, 2.05) is 0 Å². The Morgan fingerprint density at radius 1 is 1.13 bits per heavy atom. The van der Waals surface area contributed by atoms with Crippen LogP contribution in [0.4, 0.5) is 23.7 Å². The molecule has 7 heteroatoms. The van der Waals surface area contributed by atoms with Crippen molar-refractivity contribution in [2.24, 2.45) is 5.41 Å². The number of alkyl halides is 3. The normalized spacial score (nSPS) is 20.7. The van der Waals surface area contributed by atoms with Gasteiger partial charge in [0.05, 0.1) is 5.56 Å². The van der Waals surface area contributed by atoms with Crippen LogP contribution in [0.25, 0.3) is 0 Å². The number of rotatable bonds is 1. The molecule has 2 aliphatic rings. The first-order valence-electron chi connectivity index (χ1n) is 7.82. The number of benzene rings is 1. The lowest BCUT2D eigenvalue weighted by atomic mass is 9.78. The van der Waals surface area contributed by atoms with E-state index >= 15 is 0 Å². The van der Waals surface area contributed by atoms with Gasteiger partial charge in [-0.1, -0.05) is 0 Å². The second-order valence-electron chi connectivity index (χ2n) is 6.42. The minimum absolute atomic E-state index is 0.245. The van der Waals surface area contributed by atoms with Crippen LogP contribution in [0, 0.1) is 5.41 Å². The number of urea groups is 1. The number of anilines is 1. The molecule has 0 unspecified atom stereocenters. The van der Waals surface area contributed by atoms with Gasteiger partial charge in [-0.25, -0.2) is 4.79 Å². The summed E-state index contributed by atoms with van der Waals surface area (Å²) in [6.07, 6.45) is -1.26. The van der Waals surface area contributed by atoms with Crippen LogP contribution in [-0.4, -0.2) is 37.1 Å². The fourth-order valence-corrected chi connectivity index (χ4v) is 3.35. The minimum atomic E-state index is -4.36. The maximum atomic E-state index is 12.5. The van der Waals surface area contributed by atoms with Crippen LogP contribution in [0.3, 0.4) is 0 Å². The van der Waals surface area contributed by atoms with E-state index in [0.29, 0.717) is 24.2 Å². The molecule has 4 nitrogen and oxygen atoms in total. The molecule has 0 radical (unpaired) electrons. The van der Waals surface area contributed by atoms with Crippen LogP contribution >= 0.6 is 0 Å². The zero-order valence-corrected chi connectivity index (χ0v) is 12.7. The molecule has 1 aromatic rings. The third-order valence-electron chi connectivity index (χ3n) is 4.91. The number of nitrogens with zero attached hydrogens (tertiary/aromatic N) is 1. The quantitative estimate of drug-likeness (QED) is 0.831. The predicted molar refractivity (Wildman–Crippen MR) is 81.2 cm³/mol. The molecule has 2 N–H and O–H groups in total. The SMILES string of the molecule is O=C(Nc1ccc(C(F)(F)F)cc1)N1CCC2(CCNC2)CC1. The first-order chi connectivity index (χ1) is 10.9. The first kappa shape index (κ1) is 16.1. The van der Waals surface area contributed by atoms with Crippen molar-refractivity contribution in [2.45, 2.75) is 25.4 Å². The molecule has 0 aromatic heterocycles. The van der Waals surface area contributed by atoms with Gasteiger partial charge in [0.15, 0.2) is 0 Å². The predicted octanol–water partition coefficient (Wildman–Crippen LogP) is 3.31. The Labute approximate surface area is 133 Å². The van der Waals surface area contributed by atoms with Crippen molar-refractivity contribution in [3.05, 3.63) is 29.8 Å². The largest absolute Gasteiger partial charge is 0.416 e. The van der Waals surface area contributed by atoms with Crippen LogP contribution in [0.2, 0.25) is 0 Å². The van der Waals surface area contributed by atoms with E-state index in [-0.39, 0.29) is 6.03 Å². The Hall–Kier alpha value is -1.76. The summed E-state index contributed by atoms with van der Waals surface area (Å²) < 4.78 is 37.6. The van der Waals surface area contributed by atoms with Gasteiger partial charge in [0.1, 0.15) is 0 Å². The van der Waals surface area contributed by atoms with Gasteiger partial charge in [-0.2, -0.15) is 13.2 Å². The molecule has 126 valence electrons. The van der Waals surface area contributed by atoms with Crippen molar-refractivity contribution < 1.29 is 18.0 Å². The molecular weight excluding hydrogens is 307 g/mol. The third-order valence-corrected chi connectivity index (χ3v) is 4.91. The molecule has 1 spiro atoms. The van der Waals surface area contributed by atoms with Crippen LogP contribution in [0.1, 0.15) is 24.8 Å². The molecule has 3 rings (SSSR count). The molecule has 2 amide bonds. The Bertz CT molecular complexity index is 555. The molecule has 2 heterocycles. The van der Waals surface area contributed by atoms with E-state index in [4.69, 9.17) is 0 Å². The molecule has 2 fully saturated rings. The summed E-state index contributed by atoms with van der Waals surface area (Å²) in [5.41, 5.74) is -0.0135. The maximum Gasteiger partial charge on any atom is 0.416 e. The summed E-state index contributed by atoms with van der Waals surface area (Å²) in [4.78, 5) is 14.0. The number of likely N-dealkylation sites (tertiary alicyclic amines) is 1. The van der Waals surface area contributed by atoms with Gasteiger partial charge in [0.2, 0.25) is 0 Å². The summed E-state index contributed by atoms with van der Waals surface area (Å²) in [7, 11) is 0. The lowest BCUT2D eigenvalue weighted by Gasteiger charge is -2.38. The molecule has 23 heavy (non-hydrogen) atoms. The van der Waals surface area contributed by atoms with Crippen molar-refractivity contribution in [3.63, 3.8) is 0 Å². The summed E-state index contributed by atoms with van der Waals surface area (Å²) in [6, 6.07) is 4.28. The monoisotopic (exact) mass is 327 g/mol. The van der Waals surface area contributed by atoms with Gasteiger partial charge in [0, 0.05) is 25.3 Å². The molecule has 1 aromatic carbocycles. The van der Waals surface area contributed by atoms with E-state index in [1.165, 1.54) is 12.1 Å². The second-order valence-corrected chi connectivity index (χ2v) is 6.42. The average Bonchev–Trinajstić information content (AvgIpc) is 2.96. The zero-order chi connectivity index (χ0) is 16.5. The van der Waals surface area contributed by atoms with Crippen molar-refractivity contribution in [2.75, 3.05) is 31.5 Å². The number of nitrogens with one attached hydrogen (secondary N) is 2. The van der Waals surface area contributed by atoms with Gasteiger partial charge in [0.25, 0.3) is 0 Å². The van der Waals surface area contributed by atoms with Gasteiger partial charge in [-0.05, 0) is 55.5 Å². The van der Waals surface area contributed by atoms with Gasteiger partial charge in [-0.3, -0.25) is 0 Å². The van der Waals surface area contributed by atoms with E-state index in [0.717, 1.165) is 44.5 Å². The minimum Gasteiger partial charge on any atom is -0.324 e. The topological polar surface area (TPSA) is 44.4 Å². The lowest BCUT2D eigenvalue weighted by molar-refractivity contribution is -0.137. The second kappa shape index (κ2) is 6.03. The highest BCUT2D eigenvalue weighted by molar-refractivity contribution is 5.89. The van der Waals surface area contributed by atoms with Gasteiger partial charge < -0.3 is 15.5 Å².